The van der Waals surface area contributed by atoms with E-state index in [0.717, 1.165) is 6.42 Å². The Morgan fingerprint density at radius 2 is 2.50 bits per heavy atom. The molecule has 0 amide bonds. The third-order valence-electron chi connectivity index (χ3n) is 0.760. The van der Waals surface area contributed by atoms with E-state index in [4.69, 9.17) is 0 Å². The van der Waals surface area contributed by atoms with Gasteiger partial charge in [0.2, 0.25) is 0 Å². The van der Waals surface area contributed by atoms with Crippen LogP contribution in [-0.2, 0) is 10.8 Å². The lowest BCUT2D eigenvalue weighted by atomic mass is 10.4. The fraction of sp³-hybridized carbons (Fsp3) is 0.500. The first-order valence-electron chi connectivity index (χ1n) is 2.80. The molecule has 0 heterocycles. The maximum atomic E-state index is 10.4. The summed E-state index contributed by atoms with van der Waals surface area (Å²) >= 11 is 4.35. The zero-order chi connectivity index (χ0) is 7.82. The molecule has 0 aliphatic heterocycles. The van der Waals surface area contributed by atoms with Crippen molar-refractivity contribution in [1.82, 2.24) is 0 Å². The molecule has 0 spiro atoms. The molecular formula is C6H9NOS2. The molecule has 0 aromatic carbocycles. The van der Waals surface area contributed by atoms with E-state index in [-0.39, 0.29) is 0 Å². The molecule has 0 fully saturated rings. The standard InChI is InChI=1S/C6H9NOS2/c1-10(8)5-3-2-4-7-6-9/h3,5H,2,4H2,1H3/b5-3+. The summed E-state index contributed by atoms with van der Waals surface area (Å²) in [5.41, 5.74) is 0. The van der Waals surface area contributed by atoms with Crippen molar-refractivity contribution in [3.63, 3.8) is 0 Å². The normalized spacial score (nSPS) is 12.9. The molecule has 0 bridgehead atoms. The fourth-order valence-electron chi connectivity index (χ4n) is 0.388. The van der Waals surface area contributed by atoms with Crippen LogP contribution >= 0.6 is 12.2 Å². The molecule has 0 saturated heterocycles. The summed E-state index contributed by atoms with van der Waals surface area (Å²) < 4.78 is 10.4. The van der Waals surface area contributed by atoms with Crippen molar-refractivity contribution in [1.29, 1.82) is 0 Å². The Balaban J connectivity index is 3.35. The van der Waals surface area contributed by atoms with Crippen LogP contribution in [-0.4, -0.2) is 22.2 Å². The highest BCUT2D eigenvalue weighted by Gasteiger charge is 1.78. The molecular weight excluding hydrogens is 166 g/mol. The van der Waals surface area contributed by atoms with Crippen molar-refractivity contribution in [3.8, 4) is 0 Å². The maximum absolute atomic E-state index is 10.4. The molecule has 1 atom stereocenters. The van der Waals surface area contributed by atoms with Gasteiger partial charge in [-0.3, -0.25) is 4.21 Å². The van der Waals surface area contributed by atoms with Gasteiger partial charge in [-0.25, -0.2) is 4.99 Å². The number of rotatable bonds is 4. The Hall–Kier alpha value is -0.310. The summed E-state index contributed by atoms with van der Waals surface area (Å²) in [6, 6.07) is 0. The van der Waals surface area contributed by atoms with Gasteiger partial charge in [0.15, 0.2) is 0 Å². The van der Waals surface area contributed by atoms with Crippen molar-refractivity contribution in [3.05, 3.63) is 11.5 Å². The van der Waals surface area contributed by atoms with Crippen molar-refractivity contribution in [2.45, 2.75) is 6.42 Å². The van der Waals surface area contributed by atoms with Crippen molar-refractivity contribution in [2.24, 2.45) is 4.99 Å². The molecule has 56 valence electrons. The van der Waals surface area contributed by atoms with E-state index in [1.807, 2.05) is 6.08 Å². The first-order valence-corrected chi connectivity index (χ1v) is 4.83. The monoisotopic (exact) mass is 175 g/mol. The quantitative estimate of drug-likeness (QED) is 0.367. The van der Waals surface area contributed by atoms with Crippen molar-refractivity contribution < 1.29 is 4.21 Å². The van der Waals surface area contributed by atoms with E-state index in [0.29, 0.717) is 6.54 Å². The van der Waals surface area contributed by atoms with Gasteiger partial charge in [0.25, 0.3) is 0 Å². The Morgan fingerprint density at radius 1 is 1.80 bits per heavy atom. The number of isothiocyanates is 1. The fourth-order valence-corrected chi connectivity index (χ4v) is 0.887. The first kappa shape index (κ1) is 9.69. The number of aliphatic imine (C=N–C) groups is 1. The van der Waals surface area contributed by atoms with E-state index >= 15 is 0 Å². The number of nitrogens with zero attached hydrogens (tertiary/aromatic N) is 1. The van der Waals surface area contributed by atoms with Crippen LogP contribution in [0.3, 0.4) is 0 Å². The average Bonchev–Trinajstić information content (AvgIpc) is 1.87. The highest BCUT2D eigenvalue weighted by atomic mass is 32.2. The highest BCUT2D eigenvalue weighted by molar-refractivity contribution is 7.87. The van der Waals surface area contributed by atoms with Crippen LogP contribution in [0.5, 0.6) is 0 Å². The van der Waals surface area contributed by atoms with Crippen LogP contribution in [0.4, 0.5) is 0 Å². The second-order valence-electron chi connectivity index (χ2n) is 1.63. The van der Waals surface area contributed by atoms with Crippen LogP contribution in [0.15, 0.2) is 16.5 Å². The van der Waals surface area contributed by atoms with Crippen molar-refractivity contribution in [2.75, 3.05) is 12.8 Å². The molecule has 4 heteroatoms. The molecule has 10 heavy (non-hydrogen) atoms. The third kappa shape index (κ3) is 7.69. The topological polar surface area (TPSA) is 29.4 Å². The van der Waals surface area contributed by atoms with E-state index < -0.39 is 10.8 Å². The zero-order valence-electron chi connectivity index (χ0n) is 5.74. The smallest absolute Gasteiger partial charge is 0.0585 e. The molecule has 0 aliphatic carbocycles. The van der Waals surface area contributed by atoms with Crippen LogP contribution in [0, 0.1) is 0 Å². The molecule has 2 nitrogen and oxygen atoms in total. The Bertz CT molecular complexity index is 182. The molecule has 0 radical (unpaired) electrons. The second kappa shape index (κ2) is 6.81. The molecule has 0 saturated carbocycles. The number of hydrogen-bond donors (Lipinski definition) is 0. The Labute approximate surface area is 68.5 Å². The van der Waals surface area contributed by atoms with Crippen LogP contribution in [0.25, 0.3) is 0 Å². The molecule has 0 aliphatic rings. The minimum absolute atomic E-state index is 0.636. The van der Waals surface area contributed by atoms with Gasteiger partial charge < -0.3 is 0 Å². The van der Waals surface area contributed by atoms with Gasteiger partial charge in [-0.2, -0.15) is 0 Å². The third-order valence-corrected chi connectivity index (χ3v) is 1.46. The molecule has 0 aromatic rings. The molecule has 0 aromatic heterocycles. The lowest BCUT2D eigenvalue weighted by Crippen LogP contribution is -1.77. The summed E-state index contributed by atoms with van der Waals surface area (Å²) in [6.07, 6.45) is 4.23. The molecule has 1 unspecified atom stereocenters. The maximum Gasteiger partial charge on any atom is 0.0585 e. The SMILES string of the molecule is CS(=O)/C=C/CCN=C=S. The van der Waals surface area contributed by atoms with E-state index in [1.165, 1.54) is 0 Å². The van der Waals surface area contributed by atoms with E-state index in [2.05, 4.69) is 22.4 Å². The lowest BCUT2D eigenvalue weighted by Gasteiger charge is -1.82. The van der Waals surface area contributed by atoms with Crippen LogP contribution < -0.4 is 0 Å². The largest absolute Gasteiger partial charge is 0.255 e. The predicted molar refractivity (Wildman–Crippen MR) is 47.7 cm³/mol. The summed E-state index contributed by atoms with van der Waals surface area (Å²) in [5.74, 6) is 0. The van der Waals surface area contributed by atoms with Gasteiger partial charge in [-0.15, -0.1) is 0 Å². The summed E-state index contributed by atoms with van der Waals surface area (Å²) in [6.45, 7) is 0.636. The van der Waals surface area contributed by atoms with Gasteiger partial charge in [-0.1, -0.05) is 6.08 Å². The van der Waals surface area contributed by atoms with Gasteiger partial charge in [-0.05, 0) is 24.0 Å². The van der Waals surface area contributed by atoms with Gasteiger partial charge in [0.1, 0.15) is 0 Å². The zero-order valence-corrected chi connectivity index (χ0v) is 7.37. The minimum Gasteiger partial charge on any atom is -0.255 e. The molecule has 0 rings (SSSR count). The van der Waals surface area contributed by atoms with Crippen molar-refractivity contribution >= 4 is 28.2 Å². The van der Waals surface area contributed by atoms with Gasteiger partial charge >= 0.3 is 0 Å². The van der Waals surface area contributed by atoms with Crippen LogP contribution in [0.1, 0.15) is 6.42 Å². The highest BCUT2D eigenvalue weighted by Crippen LogP contribution is 1.85. The summed E-state index contributed by atoms with van der Waals surface area (Å²) in [7, 11) is -0.840. The molecule has 0 N–H and O–H groups in total. The van der Waals surface area contributed by atoms with Gasteiger partial charge in [0.05, 0.1) is 11.7 Å². The first-order chi connectivity index (χ1) is 4.77. The summed E-state index contributed by atoms with van der Waals surface area (Å²) in [4.78, 5) is 3.68. The minimum atomic E-state index is -0.840. The van der Waals surface area contributed by atoms with E-state index in [1.54, 1.807) is 11.7 Å². The Kier molecular flexibility index (Phi) is 6.59. The van der Waals surface area contributed by atoms with Gasteiger partial charge in [0, 0.05) is 17.1 Å². The lowest BCUT2D eigenvalue weighted by molar-refractivity contribution is 0.691. The Morgan fingerprint density at radius 3 is 3.00 bits per heavy atom. The number of thiocarbonyl (C=S) groups is 1. The van der Waals surface area contributed by atoms with E-state index in [9.17, 15) is 4.21 Å². The number of hydrogen-bond acceptors (Lipinski definition) is 3. The predicted octanol–water partition coefficient (Wildman–Crippen LogP) is 1.37. The average molecular weight is 175 g/mol. The van der Waals surface area contributed by atoms with Crippen LogP contribution in [0.2, 0.25) is 0 Å². The summed E-state index contributed by atoms with van der Waals surface area (Å²) in [5, 5.41) is 3.89. The second-order valence-corrected chi connectivity index (χ2v) is 3.08.